The molecule has 1 atom stereocenters. The Labute approximate surface area is 131 Å². The number of amides is 1. The van der Waals surface area contributed by atoms with Crippen LogP contribution in [0.2, 0.25) is 0 Å². The van der Waals surface area contributed by atoms with Crippen molar-refractivity contribution in [1.82, 2.24) is 5.32 Å². The van der Waals surface area contributed by atoms with Gasteiger partial charge in [0, 0.05) is 6.42 Å². The number of aliphatic hydroxyl groups excluding tert-OH is 1. The summed E-state index contributed by atoms with van der Waals surface area (Å²) in [5, 5.41) is 11.9. The second-order valence-corrected chi connectivity index (χ2v) is 6.14. The highest BCUT2D eigenvalue weighted by molar-refractivity contribution is 5.76. The molecule has 0 aliphatic carbocycles. The van der Waals surface area contributed by atoms with E-state index in [2.05, 4.69) is 12.2 Å². The first-order valence-corrected chi connectivity index (χ1v) is 9.14. The Bertz CT molecular complexity index is 227. The number of hydrogen-bond donors (Lipinski definition) is 2. The van der Waals surface area contributed by atoms with Crippen LogP contribution >= 0.6 is 0 Å². The third-order valence-electron chi connectivity index (χ3n) is 4.09. The van der Waals surface area contributed by atoms with Crippen LogP contribution in [0.1, 0.15) is 97.3 Å². The highest BCUT2D eigenvalue weighted by Crippen LogP contribution is 2.11. The second-order valence-electron chi connectivity index (χ2n) is 6.14. The first kappa shape index (κ1) is 20.4. The fourth-order valence-electron chi connectivity index (χ4n) is 2.53. The first-order chi connectivity index (χ1) is 10.2. The van der Waals surface area contributed by atoms with Crippen LogP contribution in [-0.2, 0) is 4.79 Å². The van der Waals surface area contributed by atoms with E-state index in [4.69, 9.17) is 5.11 Å². The first-order valence-electron chi connectivity index (χ1n) is 9.14. The minimum atomic E-state index is -0.0646. The van der Waals surface area contributed by atoms with Crippen molar-refractivity contribution in [3.8, 4) is 0 Å². The summed E-state index contributed by atoms with van der Waals surface area (Å²) in [5.41, 5.74) is 0. The van der Waals surface area contributed by atoms with Gasteiger partial charge in [0.05, 0.1) is 12.6 Å². The zero-order valence-corrected chi connectivity index (χ0v) is 14.3. The molecule has 0 aliphatic heterocycles. The molecule has 1 amide bonds. The summed E-state index contributed by atoms with van der Waals surface area (Å²) < 4.78 is 0. The quantitative estimate of drug-likeness (QED) is 0.435. The molecule has 0 rings (SSSR count). The van der Waals surface area contributed by atoms with Crippen molar-refractivity contribution >= 4 is 5.91 Å². The Balaban J connectivity index is 3.23. The normalized spacial score (nSPS) is 12.3. The number of unbranched alkanes of at least 4 members (excludes halogenated alkanes) is 10. The molecular weight excluding hydrogens is 262 g/mol. The largest absolute Gasteiger partial charge is 0.394 e. The smallest absolute Gasteiger partial charge is 0.220 e. The fourth-order valence-corrected chi connectivity index (χ4v) is 2.53. The Morgan fingerprint density at radius 2 is 1.33 bits per heavy atom. The molecule has 0 heterocycles. The van der Waals surface area contributed by atoms with Gasteiger partial charge in [0.1, 0.15) is 0 Å². The van der Waals surface area contributed by atoms with Gasteiger partial charge in [0.2, 0.25) is 5.91 Å². The molecule has 0 saturated carbocycles. The summed E-state index contributed by atoms with van der Waals surface area (Å²) in [4.78, 5) is 11.6. The van der Waals surface area contributed by atoms with Crippen LogP contribution in [0.4, 0.5) is 0 Å². The molecule has 0 aromatic heterocycles. The van der Waals surface area contributed by atoms with Crippen molar-refractivity contribution in [2.24, 2.45) is 0 Å². The average Bonchev–Trinajstić information content (AvgIpc) is 2.50. The van der Waals surface area contributed by atoms with E-state index in [0.717, 1.165) is 19.3 Å². The van der Waals surface area contributed by atoms with E-state index in [0.29, 0.717) is 6.42 Å². The van der Waals surface area contributed by atoms with Gasteiger partial charge in [0.25, 0.3) is 0 Å². The van der Waals surface area contributed by atoms with Gasteiger partial charge >= 0.3 is 0 Å². The minimum absolute atomic E-state index is 0.0422. The van der Waals surface area contributed by atoms with Gasteiger partial charge in [-0.3, -0.25) is 4.79 Å². The van der Waals surface area contributed by atoms with Gasteiger partial charge in [-0.1, -0.05) is 78.1 Å². The minimum Gasteiger partial charge on any atom is -0.394 e. The van der Waals surface area contributed by atoms with Gasteiger partial charge in [-0.25, -0.2) is 0 Å². The zero-order chi connectivity index (χ0) is 15.8. The summed E-state index contributed by atoms with van der Waals surface area (Å²) in [7, 11) is 0. The van der Waals surface area contributed by atoms with Crippen molar-refractivity contribution in [3.05, 3.63) is 0 Å². The van der Waals surface area contributed by atoms with Crippen molar-refractivity contribution in [1.29, 1.82) is 0 Å². The summed E-state index contributed by atoms with van der Waals surface area (Å²) in [6.45, 7) is 4.27. The maximum absolute atomic E-state index is 11.6. The third kappa shape index (κ3) is 14.1. The highest BCUT2D eigenvalue weighted by Gasteiger charge is 2.08. The van der Waals surface area contributed by atoms with E-state index in [9.17, 15) is 4.79 Å². The molecule has 0 unspecified atom stereocenters. The molecule has 2 N–H and O–H groups in total. The molecule has 0 saturated heterocycles. The topological polar surface area (TPSA) is 49.3 Å². The Hall–Kier alpha value is -0.570. The second kappa shape index (κ2) is 15.8. The van der Waals surface area contributed by atoms with E-state index >= 15 is 0 Å². The molecule has 0 radical (unpaired) electrons. The SMILES string of the molecule is CCCCCCCCCCCCCC(=O)N[C@H](CC)CO. The molecular formula is C18H37NO2. The number of rotatable bonds is 15. The predicted molar refractivity (Wildman–Crippen MR) is 90.4 cm³/mol. The van der Waals surface area contributed by atoms with Crippen LogP contribution in [-0.4, -0.2) is 23.7 Å². The van der Waals surface area contributed by atoms with Crippen LogP contribution in [0.25, 0.3) is 0 Å². The molecule has 0 fully saturated rings. The van der Waals surface area contributed by atoms with Crippen molar-refractivity contribution in [2.75, 3.05) is 6.61 Å². The summed E-state index contributed by atoms with van der Waals surface area (Å²) in [5.74, 6) is 0.0897. The predicted octanol–water partition coefficient (Wildman–Crippen LogP) is 4.57. The molecule has 126 valence electrons. The lowest BCUT2D eigenvalue weighted by Gasteiger charge is -2.13. The molecule has 0 aliphatic rings. The fraction of sp³-hybridized carbons (Fsp3) is 0.944. The maximum Gasteiger partial charge on any atom is 0.220 e. The van der Waals surface area contributed by atoms with Crippen molar-refractivity contribution in [2.45, 2.75) is 103 Å². The maximum atomic E-state index is 11.6. The van der Waals surface area contributed by atoms with Crippen LogP contribution in [0.3, 0.4) is 0 Å². The number of aliphatic hydroxyl groups is 1. The Morgan fingerprint density at radius 1 is 0.857 bits per heavy atom. The third-order valence-corrected chi connectivity index (χ3v) is 4.09. The lowest BCUT2D eigenvalue weighted by Crippen LogP contribution is -2.36. The molecule has 0 aromatic carbocycles. The van der Waals surface area contributed by atoms with E-state index in [1.165, 1.54) is 57.8 Å². The van der Waals surface area contributed by atoms with Gasteiger partial charge in [-0.2, -0.15) is 0 Å². The summed E-state index contributed by atoms with van der Waals surface area (Å²) >= 11 is 0. The lowest BCUT2D eigenvalue weighted by atomic mass is 10.1. The lowest BCUT2D eigenvalue weighted by molar-refractivity contribution is -0.122. The summed E-state index contributed by atoms with van der Waals surface area (Å²) in [6, 6.07) is -0.0646. The van der Waals surface area contributed by atoms with Gasteiger partial charge in [0.15, 0.2) is 0 Å². The van der Waals surface area contributed by atoms with Crippen LogP contribution in [0, 0.1) is 0 Å². The van der Waals surface area contributed by atoms with E-state index in [1.807, 2.05) is 6.92 Å². The van der Waals surface area contributed by atoms with Crippen molar-refractivity contribution in [3.63, 3.8) is 0 Å². The van der Waals surface area contributed by atoms with Crippen LogP contribution in [0.5, 0.6) is 0 Å². The number of hydrogen-bond acceptors (Lipinski definition) is 2. The zero-order valence-electron chi connectivity index (χ0n) is 14.3. The molecule has 0 aromatic rings. The molecule has 0 spiro atoms. The Kier molecular flexibility index (Phi) is 15.4. The van der Waals surface area contributed by atoms with E-state index in [-0.39, 0.29) is 18.6 Å². The van der Waals surface area contributed by atoms with Crippen molar-refractivity contribution < 1.29 is 9.90 Å². The van der Waals surface area contributed by atoms with Gasteiger partial charge in [-0.05, 0) is 12.8 Å². The number of carbonyl (C=O) groups is 1. The van der Waals surface area contributed by atoms with E-state index < -0.39 is 0 Å². The standard InChI is InChI=1S/C18H37NO2/c1-3-5-6-7-8-9-10-11-12-13-14-15-18(21)19-17(4-2)16-20/h17,20H,3-16H2,1-2H3,(H,19,21)/t17-/m1/s1. The van der Waals surface area contributed by atoms with Gasteiger partial charge in [-0.15, -0.1) is 0 Å². The average molecular weight is 299 g/mol. The highest BCUT2D eigenvalue weighted by atomic mass is 16.3. The molecule has 3 nitrogen and oxygen atoms in total. The van der Waals surface area contributed by atoms with Crippen LogP contribution < -0.4 is 5.32 Å². The number of nitrogens with one attached hydrogen (secondary N) is 1. The molecule has 0 bridgehead atoms. The Morgan fingerprint density at radius 3 is 1.76 bits per heavy atom. The van der Waals surface area contributed by atoms with Crippen LogP contribution in [0.15, 0.2) is 0 Å². The monoisotopic (exact) mass is 299 g/mol. The number of carbonyl (C=O) groups excluding carboxylic acids is 1. The summed E-state index contributed by atoms with van der Waals surface area (Å²) in [6.07, 6.45) is 15.7. The molecule has 3 heteroatoms. The van der Waals surface area contributed by atoms with Gasteiger partial charge < -0.3 is 10.4 Å². The molecule has 21 heavy (non-hydrogen) atoms. The van der Waals surface area contributed by atoms with E-state index in [1.54, 1.807) is 0 Å².